The molecule has 0 aromatic heterocycles. The summed E-state index contributed by atoms with van der Waals surface area (Å²) in [5.41, 5.74) is -1.31. The van der Waals surface area contributed by atoms with E-state index in [2.05, 4.69) is 0 Å². The number of carbonyl (C=O) groups is 1. The van der Waals surface area contributed by atoms with Crippen molar-refractivity contribution in [2.75, 3.05) is 13.2 Å². The molecule has 1 aromatic carbocycles. The summed E-state index contributed by atoms with van der Waals surface area (Å²) in [6, 6.07) is 2.65. The molecule has 1 aliphatic heterocycles. The van der Waals surface area contributed by atoms with E-state index in [-0.39, 0.29) is 18.3 Å². The van der Waals surface area contributed by atoms with Gasteiger partial charge in [0.2, 0.25) is 0 Å². The third-order valence-corrected chi connectivity index (χ3v) is 2.36. The van der Waals surface area contributed by atoms with Crippen molar-refractivity contribution in [1.82, 2.24) is 0 Å². The Balaban J connectivity index is 2.23. The fourth-order valence-electron chi connectivity index (χ4n) is 1.34. The lowest BCUT2D eigenvalue weighted by molar-refractivity contribution is -0.394. The Morgan fingerprint density at radius 3 is 2.21 bits per heavy atom. The summed E-state index contributed by atoms with van der Waals surface area (Å²) >= 11 is 0. The number of hydrogen-bond donors (Lipinski definition) is 0. The van der Waals surface area contributed by atoms with Gasteiger partial charge < -0.3 is 9.47 Å². The van der Waals surface area contributed by atoms with Crippen LogP contribution in [0.2, 0.25) is 0 Å². The molecular formula is C10H8N2O7. The van der Waals surface area contributed by atoms with Crippen molar-refractivity contribution < 1.29 is 24.1 Å². The van der Waals surface area contributed by atoms with Crippen LogP contribution in [0.3, 0.4) is 0 Å². The predicted octanol–water partition coefficient (Wildman–Crippen LogP) is 1.06. The zero-order chi connectivity index (χ0) is 14.0. The van der Waals surface area contributed by atoms with E-state index in [9.17, 15) is 25.0 Å². The summed E-state index contributed by atoms with van der Waals surface area (Å²) in [6.07, 6.45) is -0.155. The Labute approximate surface area is 106 Å². The van der Waals surface area contributed by atoms with Crippen molar-refractivity contribution in [3.8, 4) is 0 Å². The van der Waals surface area contributed by atoms with Crippen molar-refractivity contribution >= 4 is 17.3 Å². The predicted molar refractivity (Wildman–Crippen MR) is 59.8 cm³/mol. The summed E-state index contributed by atoms with van der Waals surface area (Å²) in [4.78, 5) is 31.3. The smallest absolute Gasteiger partial charge is 0.338 e. The number of benzene rings is 1. The first-order valence-corrected chi connectivity index (χ1v) is 5.20. The first-order valence-electron chi connectivity index (χ1n) is 5.20. The molecule has 1 fully saturated rings. The molecule has 1 heterocycles. The Kier molecular flexibility index (Phi) is 3.38. The monoisotopic (exact) mass is 268 g/mol. The molecule has 0 saturated carbocycles. The molecule has 1 atom stereocenters. The Morgan fingerprint density at radius 2 is 1.79 bits per heavy atom. The van der Waals surface area contributed by atoms with Crippen molar-refractivity contribution in [1.29, 1.82) is 0 Å². The molecule has 1 saturated heterocycles. The summed E-state index contributed by atoms with van der Waals surface area (Å²) in [5, 5.41) is 21.3. The minimum atomic E-state index is -0.859. The van der Waals surface area contributed by atoms with Gasteiger partial charge in [0.25, 0.3) is 11.4 Å². The number of carbonyl (C=O) groups excluding carboxylic acids is 1. The molecule has 1 aromatic rings. The maximum absolute atomic E-state index is 11.6. The van der Waals surface area contributed by atoms with Gasteiger partial charge >= 0.3 is 5.97 Å². The molecule has 1 aliphatic rings. The fourth-order valence-corrected chi connectivity index (χ4v) is 1.34. The highest BCUT2D eigenvalue weighted by atomic mass is 16.6. The van der Waals surface area contributed by atoms with E-state index in [0.29, 0.717) is 6.61 Å². The number of ether oxygens (including phenoxy) is 2. The third-order valence-electron chi connectivity index (χ3n) is 2.36. The topological polar surface area (TPSA) is 125 Å². The van der Waals surface area contributed by atoms with Crippen LogP contribution in [0.5, 0.6) is 0 Å². The third kappa shape index (κ3) is 3.22. The SMILES string of the molecule is O=C(OCC1CO1)c1cc([N+](=O)[O-])cc([N+](=O)[O-])c1. The number of epoxide rings is 1. The molecule has 0 radical (unpaired) electrons. The quantitative estimate of drug-likeness (QED) is 0.338. The van der Waals surface area contributed by atoms with Crippen molar-refractivity contribution in [2.24, 2.45) is 0 Å². The number of nitrogens with zero attached hydrogens (tertiary/aromatic N) is 2. The van der Waals surface area contributed by atoms with Gasteiger partial charge in [0.05, 0.1) is 28.1 Å². The summed E-state index contributed by atoms with van der Waals surface area (Å²) < 4.78 is 9.64. The lowest BCUT2D eigenvalue weighted by atomic mass is 10.2. The van der Waals surface area contributed by atoms with E-state index in [0.717, 1.165) is 18.2 Å². The molecule has 1 unspecified atom stereocenters. The van der Waals surface area contributed by atoms with E-state index >= 15 is 0 Å². The van der Waals surface area contributed by atoms with Crippen LogP contribution in [0.1, 0.15) is 10.4 Å². The van der Waals surface area contributed by atoms with Crippen LogP contribution >= 0.6 is 0 Å². The van der Waals surface area contributed by atoms with Gasteiger partial charge in [-0.3, -0.25) is 20.2 Å². The number of nitro benzene ring substituents is 2. The molecule has 9 nitrogen and oxygen atoms in total. The van der Waals surface area contributed by atoms with Crippen molar-refractivity contribution in [3.63, 3.8) is 0 Å². The Morgan fingerprint density at radius 1 is 1.26 bits per heavy atom. The molecule has 2 rings (SSSR count). The van der Waals surface area contributed by atoms with E-state index in [1.54, 1.807) is 0 Å². The highest BCUT2D eigenvalue weighted by molar-refractivity contribution is 5.91. The highest BCUT2D eigenvalue weighted by Crippen LogP contribution is 2.23. The number of rotatable bonds is 5. The van der Waals surface area contributed by atoms with E-state index < -0.39 is 27.2 Å². The van der Waals surface area contributed by atoms with Crippen LogP contribution in [0.25, 0.3) is 0 Å². The van der Waals surface area contributed by atoms with E-state index in [1.807, 2.05) is 0 Å². The van der Waals surface area contributed by atoms with Gasteiger partial charge in [-0.25, -0.2) is 4.79 Å². The average molecular weight is 268 g/mol. The number of esters is 1. The Hall–Kier alpha value is -2.55. The minimum absolute atomic E-state index is 0.0231. The van der Waals surface area contributed by atoms with Gasteiger partial charge in [-0.1, -0.05) is 0 Å². The maximum Gasteiger partial charge on any atom is 0.338 e. The van der Waals surface area contributed by atoms with Gasteiger partial charge in [-0.05, 0) is 0 Å². The molecule has 0 aliphatic carbocycles. The first kappa shape index (κ1) is 12.9. The number of hydrogen-bond acceptors (Lipinski definition) is 7. The second kappa shape index (κ2) is 4.98. The van der Waals surface area contributed by atoms with Crippen LogP contribution in [-0.4, -0.2) is 35.1 Å². The first-order chi connectivity index (χ1) is 8.97. The largest absolute Gasteiger partial charge is 0.459 e. The van der Waals surface area contributed by atoms with Gasteiger partial charge in [-0.2, -0.15) is 0 Å². The molecular weight excluding hydrogens is 260 g/mol. The number of non-ortho nitro benzene ring substituents is 2. The lowest BCUT2D eigenvalue weighted by Gasteiger charge is -2.02. The number of nitro groups is 2. The fraction of sp³-hybridized carbons (Fsp3) is 0.300. The van der Waals surface area contributed by atoms with Crippen LogP contribution < -0.4 is 0 Å². The van der Waals surface area contributed by atoms with Crippen LogP contribution in [0.15, 0.2) is 18.2 Å². The molecule has 0 bridgehead atoms. The summed E-state index contributed by atoms with van der Waals surface area (Å²) in [7, 11) is 0. The molecule has 0 N–H and O–H groups in total. The summed E-state index contributed by atoms with van der Waals surface area (Å²) in [6.45, 7) is 0.512. The van der Waals surface area contributed by atoms with Crippen LogP contribution in [0.4, 0.5) is 11.4 Å². The molecule has 19 heavy (non-hydrogen) atoms. The molecule has 0 spiro atoms. The second-order valence-corrected chi connectivity index (χ2v) is 3.81. The van der Waals surface area contributed by atoms with E-state index in [4.69, 9.17) is 9.47 Å². The lowest BCUT2D eigenvalue weighted by Crippen LogP contribution is -2.10. The van der Waals surface area contributed by atoms with Gasteiger partial charge in [0.1, 0.15) is 12.7 Å². The van der Waals surface area contributed by atoms with Crippen molar-refractivity contribution in [2.45, 2.75) is 6.10 Å². The maximum atomic E-state index is 11.6. The highest BCUT2D eigenvalue weighted by Gasteiger charge is 2.26. The minimum Gasteiger partial charge on any atom is -0.459 e. The zero-order valence-corrected chi connectivity index (χ0v) is 9.48. The van der Waals surface area contributed by atoms with Gasteiger partial charge in [0.15, 0.2) is 0 Å². The van der Waals surface area contributed by atoms with Gasteiger partial charge in [-0.15, -0.1) is 0 Å². The zero-order valence-electron chi connectivity index (χ0n) is 9.48. The van der Waals surface area contributed by atoms with Crippen LogP contribution in [0, 0.1) is 20.2 Å². The van der Waals surface area contributed by atoms with Gasteiger partial charge in [0, 0.05) is 12.1 Å². The second-order valence-electron chi connectivity index (χ2n) is 3.81. The molecule has 100 valence electrons. The Bertz CT molecular complexity index is 521. The van der Waals surface area contributed by atoms with Crippen LogP contribution in [-0.2, 0) is 9.47 Å². The molecule has 9 heteroatoms. The normalized spacial score (nSPS) is 16.7. The standard InChI is InChI=1S/C10H8N2O7/c13-10(19-5-9-4-18-9)6-1-7(11(14)15)3-8(2-6)12(16)17/h1-3,9H,4-5H2. The summed E-state index contributed by atoms with van der Waals surface area (Å²) in [5.74, 6) is -0.859. The molecule has 0 amide bonds. The van der Waals surface area contributed by atoms with E-state index in [1.165, 1.54) is 0 Å². The average Bonchev–Trinajstić information content (AvgIpc) is 3.19. The van der Waals surface area contributed by atoms with Crippen molar-refractivity contribution in [3.05, 3.63) is 44.0 Å².